The first kappa shape index (κ1) is 10.6. The fraction of sp³-hybridized carbons (Fsp3) is 0.100. The smallest absolute Gasteiger partial charge is 0.200 e. The van der Waals surface area contributed by atoms with Crippen molar-refractivity contribution in [3.63, 3.8) is 0 Å². The van der Waals surface area contributed by atoms with Crippen molar-refractivity contribution in [2.75, 3.05) is 0 Å². The Morgan fingerprint density at radius 3 is 3.00 bits per heavy atom. The van der Waals surface area contributed by atoms with Crippen LogP contribution in [0.15, 0.2) is 29.1 Å². The van der Waals surface area contributed by atoms with Crippen molar-refractivity contribution in [2.45, 2.75) is 6.92 Å². The van der Waals surface area contributed by atoms with E-state index in [0.29, 0.717) is 5.39 Å². The number of rotatable bonds is 0. The molecule has 2 rings (SSSR count). The van der Waals surface area contributed by atoms with Crippen LogP contribution in [-0.4, -0.2) is 4.98 Å². The van der Waals surface area contributed by atoms with Crippen LogP contribution in [0.1, 0.15) is 5.69 Å². The fourth-order valence-electron chi connectivity index (χ4n) is 1.28. The summed E-state index contributed by atoms with van der Waals surface area (Å²) in [6.45, 7) is 1.87. The molecule has 0 aliphatic carbocycles. The van der Waals surface area contributed by atoms with E-state index >= 15 is 0 Å². The van der Waals surface area contributed by atoms with E-state index < -0.39 is 0 Å². The van der Waals surface area contributed by atoms with E-state index in [0.717, 1.165) is 11.1 Å². The van der Waals surface area contributed by atoms with E-state index in [1.54, 1.807) is 12.1 Å². The number of aryl methyl sites for hydroxylation is 1. The second-order valence-corrected chi connectivity index (χ2v) is 2.79. The van der Waals surface area contributed by atoms with Crippen LogP contribution in [0.25, 0.3) is 10.8 Å². The third kappa shape index (κ3) is 2.06. The molecular weight excluding hydrogens is 239 g/mol. The topological polar surface area (TPSA) is 32.9 Å². The number of fused-ring (bicyclic) bond motifs is 1. The second-order valence-electron chi connectivity index (χ2n) is 2.79. The van der Waals surface area contributed by atoms with Gasteiger partial charge in [0.1, 0.15) is 0 Å². The predicted molar refractivity (Wildman–Crippen MR) is 48.1 cm³/mol. The van der Waals surface area contributed by atoms with E-state index in [9.17, 15) is 4.79 Å². The minimum absolute atomic E-state index is 0. The van der Waals surface area contributed by atoms with Gasteiger partial charge in [-0.15, -0.1) is 5.39 Å². The molecule has 0 spiro atoms. The first-order valence-electron chi connectivity index (χ1n) is 3.77. The molecule has 0 unspecified atom stereocenters. The minimum Gasteiger partial charge on any atom is -0.336 e. The van der Waals surface area contributed by atoms with Crippen molar-refractivity contribution in [1.29, 1.82) is 0 Å². The summed E-state index contributed by atoms with van der Waals surface area (Å²) in [6.07, 6.45) is 0. The third-order valence-electron chi connectivity index (χ3n) is 1.83. The molecule has 1 aromatic heterocycles. The summed E-state index contributed by atoms with van der Waals surface area (Å²) < 4.78 is 0. The SMILES string of the molecule is Cc1cc2cc[c-]cc2c(=O)[nH]1.[Y]. The van der Waals surface area contributed by atoms with E-state index in [1.165, 1.54) is 0 Å². The van der Waals surface area contributed by atoms with E-state index in [4.69, 9.17) is 0 Å². The molecule has 1 aromatic carbocycles. The summed E-state index contributed by atoms with van der Waals surface area (Å²) in [4.78, 5) is 14.1. The van der Waals surface area contributed by atoms with Gasteiger partial charge >= 0.3 is 0 Å². The molecule has 13 heavy (non-hydrogen) atoms. The molecule has 63 valence electrons. The van der Waals surface area contributed by atoms with Crippen molar-refractivity contribution in [1.82, 2.24) is 4.98 Å². The zero-order valence-corrected chi connectivity index (χ0v) is 10.1. The van der Waals surface area contributed by atoms with Crippen LogP contribution in [0.5, 0.6) is 0 Å². The maximum absolute atomic E-state index is 11.3. The maximum Gasteiger partial charge on any atom is 0.200 e. The normalized spacial score (nSPS) is 9.62. The Morgan fingerprint density at radius 2 is 2.23 bits per heavy atom. The summed E-state index contributed by atoms with van der Waals surface area (Å²) >= 11 is 0. The number of H-pyrrole nitrogens is 1. The number of pyridine rings is 1. The molecule has 2 nitrogen and oxygen atoms in total. The molecule has 1 radical (unpaired) electrons. The molecule has 2 aromatic rings. The average Bonchev–Trinajstić information content (AvgIpc) is 2.04. The summed E-state index contributed by atoms with van der Waals surface area (Å²) in [7, 11) is 0. The number of hydrogen-bond donors (Lipinski definition) is 1. The van der Waals surface area contributed by atoms with E-state index in [-0.39, 0.29) is 38.3 Å². The third-order valence-corrected chi connectivity index (χ3v) is 1.83. The largest absolute Gasteiger partial charge is 0.336 e. The van der Waals surface area contributed by atoms with Crippen molar-refractivity contribution in [3.8, 4) is 0 Å². The van der Waals surface area contributed by atoms with Gasteiger partial charge in [0.05, 0.1) is 0 Å². The first-order chi connectivity index (χ1) is 5.77. The molecule has 3 heteroatoms. The molecular formula is C10H8NOY-. The number of aromatic amines is 1. The van der Waals surface area contributed by atoms with Crippen LogP contribution in [0.3, 0.4) is 0 Å². The molecule has 0 amide bonds. The molecule has 0 saturated carbocycles. The second kappa shape index (κ2) is 4.16. The molecule has 0 aliphatic heterocycles. The Bertz CT molecular complexity index is 476. The molecule has 0 bridgehead atoms. The zero-order valence-electron chi connectivity index (χ0n) is 7.29. The summed E-state index contributed by atoms with van der Waals surface area (Å²) in [5.41, 5.74) is 0.848. The summed E-state index contributed by atoms with van der Waals surface area (Å²) in [6, 6.07) is 10.2. The quantitative estimate of drug-likeness (QED) is 0.705. The van der Waals surface area contributed by atoms with Crippen LogP contribution in [0.2, 0.25) is 0 Å². The van der Waals surface area contributed by atoms with Crippen LogP contribution in [0.4, 0.5) is 0 Å². The van der Waals surface area contributed by atoms with Gasteiger partial charge < -0.3 is 4.98 Å². The minimum atomic E-state index is -0.0400. The van der Waals surface area contributed by atoms with Crippen molar-refractivity contribution in [3.05, 3.63) is 46.4 Å². The standard InChI is InChI=1S/C10H8NO.Y/c1-7-6-8-4-2-3-5-9(8)10(12)11-7;/h2,4-6H,1H3,(H,11,12);/q-1;. The Kier molecular flexibility index (Phi) is 3.40. The van der Waals surface area contributed by atoms with Gasteiger partial charge in [0.25, 0.3) is 0 Å². The average molecular weight is 247 g/mol. The van der Waals surface area contributed by atoms with Gasteiger partial charge in [0.15, 0.2) is 5.56 Å². The van der Waals surface area contributed by atoms with Gasteiger partial charge in [-0.3, -0.25) is 4.79 Å². The number of benzene rings is 1. The van der Waals surface area contributed by atoms with Crippen LogP contribution >= 0.6 is 0 Å². The Labute approximate surface area is 101 Å². The fourth-order valence-corrected chi connectivity index (χ4v) is 1.28. The molecule has 0 atom stereocenters. The van der Waals surface area contributed by atoms with Crippen molar-refractivity contribution < 1.29 is 32.7 Å². The predicted octanol–water partition coefficient (Wildman–Crippen LogP) is 1.63. The zero-order chi connectivity index (χ0) is 8.55. The molecule has 1 N–H and O–H groups in total. The summed E-state index contributed by atoms with van der Waals surface area (Å²) in [5.74, 6) is 0. The van der Waals surface area contributed by atoms with Gasteiger partial charge in [-0.1, -0.05) is 11.5 Å². The van der Waals surface area contributed by atoms with Gasteiger partial charge in [-0.25, -0.2) is 0 Å². The molecule has 0 aliphatic rings. The Hall–Kier alpha value is -0.466. The Balaban J connectivity index is 0.000000845. The van der Waals surface area contributed by atoms with E-state index in [1.807, 2.05) is 19.1 Å². The van der Waals surface area contributed by atoms with Crippen LogP contribution in [-0.2, 0) is 32.7 Å². The van der Waals surface area contributed by atoms with Gasteiger partial charge in [-0.05, 0) is 6.92 Å². The van der Waals surface area contributed by atoms with Crippen molar-refractivity contribution in [2.24, 2.45) is 0 Å². The molecule has 0 fully saturated rings. The van der Waals surface area contributed by atoms with Gasteiger partial charge in [0, 0.05) is 38.4 Å². The van der Waals surface area contributed by atoms with Gasteiger partial charge in [0.2, 0.25) is 0 Å². The monoisotopic (exact) mass is 247 g/mol. The van der Waals surface area contributed by atoms with Crippen LogP contribution < -0.4 is 5.56 Å². The molecule has 1 heterocycles. The molecule has 0 saturated heterocycles. The maximum atomic E-state index is 11.3. The summed E-state index contributed by atoms with van der Waals surface area (Å²) in [5, 5.41) is 1.66. The first-order valence-corrected chi connectivity index (χ1v) is 3.77. The number of aromatic nitrogens is 1. The number of nitrogens with one attached hydrogen (secondary N) is 1. The van der Waals surface area contributed by atoms with Crippen LogP contribution in [0, 0.1) is 13.0 Å². The van der Waals surface area contributed by atoms with Gasteiger partial charge in [-0.2, -0.15) is 24.3 Å². The van der Waals surface area contributed by atoms with E-state index in [2.05, 4.69) is 11.1 Å². The Morgan fingerprint density at radius 1 is 1.46 bits per heavy atom. The number of hydrogen-bond acceptors (Lipinski definition) is 1. The van der Waals surface area contributed by atoms with Crippen molar-refractivity contribution >= 4 is 10.8 Å².